The summed E-state index contributed by atoms with van der Waals surface area (Å²) in [4.78, 5) is 5.34. The van der Waals surface area contributed by atoms with E-state index in [4.69, 9.17) is 21.0 Å². The Balaban J connectivity index is 1.58. The lowest BCUT2D eigenvalue weighted by atomic mass is 10.0. The Morgan fingerprint density at radius 2 is 1.88 bits per heavy atom. The van der Waals surface area contributed by atoms with Crippen LogP contribution in [-0.4, -0.2) is 5.16 Å². The van der Waals surface area contributed by atoms with Crippen molar-refractivity contribution in [1.29, 1.82) is 0 Å². The van der Waals surface area contributed by atoms with Gasteiger partial charge in [0.2, 0.25) is 0 Å². The van der Waals surface area contributed by atoms with E-state index in [0.29, 0.717) is 10.7 Å². The van der Waals surface area contributed by atoms with Gasteiger partial charge < -0.3 is 9.36 Å². The molecule has 4 nitrogen and oxygen atoms in total. The van der Waals surface area contributed by atoms with Crippen LogP contribution in [0.2, 0.25) is 5.02 Å². The van der Waals surface area contributed by atoms with Gasteiger partial charge in [-0.1, -0.05) is 35.0 Å². The van der Waals surface area contributed by atoms with Gasteiger partial charge in [0.25, 0.3) is 0 Å². The molecule has 130 valence electrons. The van der Waals surface area contributed by atoms with Crippen molar-refractivity contribution in [2.75, 3.05) is 5.48 Å². The maximum Gasteiger partial charge on any atom is 0.190 e. The minimum absolute atomic E-state index is 0.0707. The van der Waals surface area contributed by atoms with Crippen molar-refractivity contribution in [3.8, 4) is 16.9 Å². The predicted molar refractivity (Wildman–Crippen MR) is 99.8 cm³/mol. The summed E-state index contributed by atoms with van der Waals surface area (Å²) >= 11 is 5.74. The number of rotatable bonds is 4. The van der Waals surface area contributed by atoms with Crippen molar-refractivity contribution < 1.29 is 13.8 Å². The van der Waals surface area contributed by atoms with E-state index in [1.165, 1.54) is 12.1 Å². The fourth-order valence-corrected chi connectivity index (χ4v) is 2.83. The maximum absolute atomic E-state index is 13.8. The van der Waals surface area contributed by atoms with Gasteiger partial charge in [0.1, 0.15) is 0 Å². The van der Waals surface area contributed by atoms with Gasteiger partial charge >= 0.3 is 0 Å². The lowest BCUT2D eigenvalue weighted by molar-refractivity contribution is 0.379. The first-order valence-electron chi connectivity index (χ1n) is 7.94. The number of halogens is 2. The van der Waals surface area contributed by atoms with Crippen LogP contribution >= 0.6 is 11.6 Å². The highest BCUT2D eigenvalue weighted by Crippen LogP contribution is 2.28. The third kappa shape index (κ3) is 3.21. The van der Waals surface area contributed by atoms with Crippen molar-refractivity contribution in [3.05, 3.63) is 77.2 Å². The molecule has 6 heteroatoms. The second-order valence-electron chi connectivity index (χ2n) is 5.84. The van der Waals surface area contributed by atoms with E-state index in [1.807, 2.05) is 49.4 Å². The molecule has 4 aromatic rings. The van der Waals surface area contributed by atoms with Gasteiger partial charge in [-0.3, -0.25) is 0 Å². The largest absolute Gasteiger partial charge is 0.379 e. The van der Waals surface area contributed by atoms with E-state index in [-0.39, 0.29) is 5.75 Å². The molecule has 0 saturated carbocycles. The van der Waals surface area contributed by atoms with Crippen LogP contribution in [0.3, 0.4) is 0 Å². The Morgan fingerprint density at radius 1 is 1.04 bits per heavy atom. The monoisotopic (exact) mass is 368 g/mol. The van der Waals surface area contributed by atoms with Gasteiger partial charge in [-0.15, -0.1) is 0 Å². The number of aryl methyl sites for hydroxylation is 1. The molecule has 0 radical (unpaired) electrons. The number of nitrogens with one attached hydrogen (secondary N) is 1. The Morgan fingerprint density at radius 3 is 2.73 bits per heavy atom. The number of fused-ring (bicyclic) bond motifs is 1. The highest BCUT2D eigenvalue weighted by molar-refractivity contribution is 6.30. The van der Waals surface area contributed by atoms with Crippen LogP contribution in [-0.2, 0) is 0 Å². The number of hydrogen-bond donors (Lipinski definition) is 1. The summed E-state index contributed by atoms with van der Waals surface area (Å²) in [6.07, 6.45) is 0. The van der Waals surface area contributed by atoms with Crippen LogP contribution in [0.4, 0.5) is 10.1 Å². The van der Waals surface area contributed by atoms with E-state index in [0.717, 1.165) is 27.8 Å². The summed E-state index contributed by atoms with van der Waals surface area (Å²) in [6.45, 7) is 1.90. The summed E-state index contributed by atoms with van der Waals surface area (Å²) in [5.74, 6) is -0.462. The van der Waals surface area contributed by atoms with Crippen molar-refractivity contribution >= 4 is 28.3 Å². The highest BCUT2D eigenvalue weighted by atomic mass is 35.5. The van der Waals surface area contributed by atoms with Crippen LogP contribution < -0.4 is 10.3 Å². The molecule has 4 rings (SSSR count). The molecule has 3 aromatic carbocycles. The van der Waals surface area contributed by atoms with Crippen LogP contribution in [0.1, 0.15) is 5.69 Å². The third-order valence-corrected chi connectivity index (χ3v) is 4.25. The second kappa shape index (κ2) is 6.69. The van der Waals surface area contributed by atoms with E-state index < -0.39 is 5.82 Å². The lowest BCUT2D eigenvalue weighted by Gasteiger charge is -2.10. The number of aromatic nitrogens is 1. The molecule has 0 spiro atoms. The molecule has 0 unspecified atom stereocenters. The third-order valence-electron chi connectivity index (χ3n) is 4.02. The zero-order valence-corrected chi connectivity index (χ0v) is 14.5. The minimum Gasteiger partial charge on any atom is -0.379 e. The van der Waals surface area contributed by atoms with Gasteiger partial charge in [-0.2, -0.15) is 0 Å². The first-order valence-corrected chi connectivity index (χ1v) is 8.32. The maximum atomic E-state index is 13.8. The van der Waals surface area contributed by atoms with Crippen LogP contribution in [0.15, 0.2) is 65.2 Å². The molecule has 1 N–H and O–H groups in total. The smallest absolute Gasteiger partial charge is 0.190 e. The number of benzene rings is 3. The lowest BCUT2D eigenvalue weighted by Crippen LogP contribution is -2.05. The molecule has 26 heavy (non-hydrogen) atoms. The molecular formula is C20H14ClFN2O2. The van der Waals surface area contributed by atoms with E-state index in [1.54, 1.807) is 6.07 Å². The molecule has 1 heterocycles. The number of nitrogens with zero attached hydrogens (tertiary/aromatic N) is 1. The first-order chi connectivity index (χ1) is 12.6. The van der Waals surface area contributed by atoms with E-state index >= 15 is 0 Å². The highest BCUT2D eigenvalue weighted by Gasteiger charge is 2.08. The molecule has 0 bridgehead atoms. The van der Waals surface area contributed by atoms with Gasteiger partial charge in [-0.25, -0.2) is 9.87 Å². The van der Waals surface area contributed by atoms with E-state index in [9.17, 15) is 4.39 Å². The van der Waals surface area contributed by atoms with Gasteiger partial charge in [0.15, 0.2) is 17.1 Å². The summed E-state index contributed by atoms with van der Waals surface area (Å²) in [6, 6.07) is 17.7. The fraction of sp³-hybridized carbons (Fsp3) is 0.0500. The van der Waals surface area contributed by atoms with Gasteiger partial charge in [-0.05, 0) is 60.5 Å². The quantitative estimate of drug-likeness (QED) is 0.449. The summed E-state index contributed by atoms with van der Waals surface area (Å²) in [5.41, 5.74) is 7.05. The molecule has 1 aromatic heterocycles. The van der Waals surface area contributed by atoms with E-state index in [2.05, 4.69) is 10.6 Å². The van der Waals surface area contributed by atoms with Crippen LogP contribution in [0.5, 0.6) is 5.75 Å². The summed E-state index contributed by atoms with van der Waals surface area (Å²) in [7, 11) is 0. The Labute approximate surface area is 154 Å². The first kappa shape index (κ1) is 16.4. The van der Waals surface area contributed by atoms with Gasteiger partial charge in [0, 0.05) is 10.4 Å². The predicted octanol–water partition coefficient (Wildman–Crippen LogP) is 6.00. The average molecular weight is 369 g/mol. The molecular weight excluding hydrogens is 355 g/mol. The Hall–Kier alpha value is -3.05. The zero-order valence-electron chi connectivity index (χ0n) is 13.8. The minimum atomic E-state index is -0.533. The summed E-state index contributed by atoms with van der Waals surface area (Å²) < 4.78 is 19.0. The molecule has 0 aliphatic heterocycles. The van der Waals surface area contributed by atoms with Crippen molar-refractivity contribution in [1.82, 2.24) is 5.16 Å². The topological polar surface area (TPSA) is 47.3 Å². The van der Waals surface area contributed by atoms with Crippen molar-refractivity contribution in [2.24, 2.45) is 0 Å². The average Bonchev–Trinajstić information content (AvgIpc) is 3.02. The van der Waals surface area contributed by atoms with Gasteiger partial charge in [0.05, 0.1) is 11.4 Å². The van der Waals surface area contributed by atoms with Crippen molar-refractivity contribution in [3.63, 3.8) is 0 Å². The Kier molecular flexibility index (Phi) is 4.22. The zero-order chi connectivity index (χ0) is 18.1. The molecule has 0 atom stereocenters. The van der Waals surface area contributed by atoms with Crippen LogP contribution in [0, 0.1) is 12.7 Å². The molecule has 0 aliphatic rings. The Bertz CT molecular complexity index is 1090. The molecule has 0 amide bonds. The van der Waals surface area contributed by atoms with Crippen molar-refractivity contribution in [2.45, 2.75) is 6.92 Å². The summed E-state index contributed by atoms with van der Waals surface area (Å²) in [5, 5.41) is 5.26. The fourth-order valence-electron chi connectivity index (χ4n) is 2.67. The standard InChI is InChI=1S/C20H14ClFN2O2/c1-12-17-10-14(5-7-19(17)25-23-12)13-3-2-4-16(9-13)24-26-20-8-6-15(21)11-18(20)22/h2-11,24H,1H3. The SMILES string of the molecule is Cc1noc2ccc(-c3cccc(NOc4ccc(Cl)cc4F)c3)cc12. The molecule has 0 fully saturated rings. The molecule has 0 saturated heterocycles. The number of anilines is 1. The second-order valence-corrected chi connectivity index (χ2v) is 6.28. The molecule has 0 aliphatic carbocycles. The number of hydrogen-bond acceptors (Lipinski definition) is 4. The normalized spacial score (nSPS) is 10.9. The van der Waals surface area contributed by atoms with Crippen LogP contribution in [0.25, 0.3) is 22.1 Å².